The summed E-state index contributed by atoms with van der Waals surface area (Å²) in [6.45, 7) is 3.66. The number of hydrogen-bond acceptors (Lipinski definition) is 2. The molecule has 0 radical (unpaired) electrons. The molecular weight excluding hydrogens is 283 g/mol. The second-order valence-electron chi connectivity index (χ2n) is 4.21. The van der Waals surface area contributed by atoms with Crippen LogP contribution in [0.15, 0.2) is 30.3 Å². The van der Waals surface area contributed by atoms with Crippen LogP contribution in [0.2, 0.25) is 10.2 Å². The van der Waals surface area contributed by atoms with E-state index in [1.807, 2.05) is 19.9 Å². The molecule has 1 heterocycles. The van der Waals surface area contributed by atoms with Gasteiger partial charge < -0.3 is 5.32 Å². The molecule has 1 amide bonds. The second kappa shape index (κ2) is 5.59. The van der Waals surface area contributed by atoms with Gasteiger partial charge in [0.1, 0.15) is 5.15 Å². The first kappa shape index (κ1) is 13.8. The number of nitrogens with one attached hydrogen (secondary N) is 1. The van der Waals surface area contributed by atoms with E-state index in [4.69, 9.17) is 23.2 Å². The highest BCUT2D eigenvalue weighted by Gasteiger charge is 2.15. The van der Waals surface area contributed by atoms with Crippen molar-refractivity contribution in [1.82, 2.24) is 4.98 Å². The second-order valence-corrected chi connectivity index (χ2v) is 5.01. The van der Waals surface area contributed by atoms with E-state index in [2.05, 4.69) is 10.3 Å². The Hall–Kier alpha value is -1.58. The van der Waals surface area contributed by atoms with Crippen LogP contribution in [0.5, 0.6) is 0 Å². The number of pyridine rings is 1. The molecule has 0 bridgehead atoms. The number of aryl methyl sites for hydroxylation is 2. The highest BCUT2D eigenvalue weighted by Crippen LogP contribution is 2.21. The van der Waals surface area contributed by atoms with Gasteiger partial charge in [0.05, 0.1) is 5.56 Å². The van der Waals surface area contributed by atoms with E-state index in [9.17, 15) is 4.79 Å². The maximum atomic E-state index is 12.2. The van der Waals surface area contributed by atoms with Crippen LogP contribution in [-0.4, -0.2) is 10.9 Å². The van der Waals surface area contributed by atoms with E-state index in [-0.39, 0.29) is 11.1 Å². The number of hydrogen-bond donors (Lipinski definition) is 1. The van der Waals surface area contributed by atoms with Gasteiger partial charge >= 0.3 is 0 Å². The van der Waals surface area contributed by atoms with Gasteiger partial charge in [0, 0.05) is 16.4 Å². The van der Waals surface area contributed by atoms with Crippen LogP contribution in [0.25, 0.3) is 0 Å². The van der Waals surface area contributed by atoms with Crippen LogP contribution in [0.1, 0.15) is 21.6 Å². The molecule has 0 aliphatic carbocycles. The first-order valence-electron chi connectivity index (χ1n) is 5.68. The fourth-order valence-electron chi connectivity index (χ4n) is 1.82. The Bertz CT molecular complexity index is 618. The van der Waals surface area contributed by atoms with Crippen LogP contribution >= 0.6 is 23.2 Å². The molecule has 3 nitrogen and oxygen atoms in total. The van der Waals surface area contributed by atoms with Crippen molar-refractivity contribution in [3.05, 3.63) is 57.3 Å². The minimum atomic E-state index is -0.294. The molecule has 0 spiro atoms. The summed E-state index contributed by atoms with van der Waals surface area (Å²) >= 11 is 11.9. The van der Waals surface area contributed by atoms with Gasteiger partial charge in [0.15, 0.2) is 0 Å². The Morgan fingerprint density at radius 2 is 1.95 bits per heavy atom. The van der Waals surface area contributed by atoms with E-state index < -0.39 is 0 Å². The minimum Gasteiger partial charge on any atom is -0.322 e. The van der Waals surface area contributed by atoms with Gasteiger partial charge in [-0.05, 0) is 43.7 Å². The summed E-state index contributed by atoms with van der Waals surface area (Å²) in [5.41, 5.74) is 2.57. The highest BCUT2D eigenvalue weighted by molar-refractivity contribution is 6.33. The molecule has 2 aromatic rings. The topological polar surface area (TPSA) is 42.0 Å². The van der Waals surface area contributed by atoms with Gasteiger partial charge in [0.25, 0.3) is 5.91 Å². The van der Waals surface area contributed by atoms with E-state index in [0.29, 0.717) is 16.3 Å². The standard InChI is InChI=1S/C14H12Cl2N2O/c1-8-6-9(2)17-13(16)12(8)14(19)18-11-5-3-4-10(15)7-11/h3-7H,1-2H3,(H,18,19). The van der Waals surface area contributed by atoms with Crippen LogP contribution in [0, 0.1) is 13.8 Å². The van der Waals surface area contributed by atoms with Gasteiger partial charge in [-0.25, -0.2) is 4.98 Å². The molecule has 98 valence electrons. The molecule has 5 heteroatoms. The third-order valence-electron chi connectivity index (χ3n) is 2.61. The lowest BCUT2D eigenvalue weighted by atomic mass is 10.1. The number of amides is 1. The van der Waals surface area contributed by atoms with Gasteiger partial charge in [-0.3, -0.25) is 4.79 Å². The fraction of sp³-hybridized carbons (Fsp3) is 0.143. The van der Waals surface area contributed by atoms with Crippen LogP contribution in [0.3, 0.4) is 0 Å². The molecule has 2 rings (SSSR count). The Morgan fingerprint density at radius 1 is 1.21 bits per heavy atom. The lowest BCUT2D eigenvalue weighted by molar-refractivity contribution is 0.102. The van der Waals surface area contributed by atoms with Gasteiger partial charge in [-0.2, -0.15) is 0 Å². The van der Waals surface area contributed by atoms with Crippen molar-refractivity contribution in [2.75, 3.05) is 5.32 Å². The van der Waals surface area contributed by atoms with Crippen molar-refractivity contribution in [2.24, 2.45) is 0 Å². The maximum Gasteiger partial charge on any atom is 0.259 e. The molecule has 1 aromatic carbocycles. The molecule has 1 N–H and O–H groups in total. The van der Waals surface area contributed by atoms with Crippen molar-refractivity contribution < 1.29 is 4.79 Å². The summed E-state index contributed by atoms with van der Waals surface area (Å²) in [7, 11) is 0. The summed E-state index contributed by atoms with van der Waals surface area (Å²) < 4.78 is 0. The number of anilines is 1. The number of halogens is 2. The van der Waals surface area contributed by atoms with Crippen LogP contribution in [0.4, 0.5) is 5.69 Å². The summed E-state index contributed by atoms with van der Waals surface area (Å²) in [5.74, 6) is -0.294. The van der Waals surface area contributed by atoms with Crippen LogP contribution in [-0.2, 0) is 0 Å². The third-order valence-corrected chi connectivity index (χ3v) is 3.12. The average Bonchev–Trinajstić information content (AvgIpc) is 2.27. The summed E-state index contributed by atoms with van der Waals surface area (Å²) in [5, 5.41) is 3.52. The molecule has 0 saturated heterocycles. The number of carbonyl (C=O) groups excluding carboxylic acids is 1. The molecule has 0 fully saturated rings. The molecule has 0 saturated carbocycles. The van der Waals surface area contributed by atoms with Crippen molar-refractivity contribution in [3.63, 3.8) is 0 Å². The zero-order chi connectivity index (χ0) is 14.0. The van der Waals surface area contributed by atoms with Gasteiger partial charge in [0.2, 0.25) is 0 Å². The summed E-state index contributed by atoms with van der Waals surface area (Å²) in [4.78, 5) is 16.3. The summed E-state index contributed by atoms with van der Waals surface area (Å²) in [6, 6.07) is 8.75. The molecule has 0 aliphatic heterocycles. The number of benzene rings is 1. The average molecular weight is 295 g/mol. The van der Waals surface area contributed by atoms with Gasteiger partial charge in [-0.15, -0.1) is 0 Å². The third kappa shape index (κ3) is 3.25. The lowest BCUT2D eigenvalue weighted by Crippen LogP contribution is -2.15. The minimum absolute atomic E-state index is 0.206. The maximum absolute atomic E-state index is 12.2. The van der Waals surface area contributed by atoms with Crippen molar-refractivity contribution in [2.45, 2.75) is 13.8 Å². The number of rotatable bonds is 2. The molecular formula is C14H12Cl2N2O. The number of carbonyl (C=O) groups is 1. The Morgan fingerprint density at radius 3 is 2.58 bits per heavy atom. The van der Waals surface area contributed by atoms with Gasteiger partial charge in [-0.1, -0.05) is 29.3 Å². The van der Waals surface area contributed by atoms with Crippen LogP contribution < -0.4 is 5.32 Å². The molecule has 0 atom stereocenters. The Kier molecular flexibility index (Phi) is 4.08. The van der Waals surface area contributed by atoms with E-state index in [1.165, 1.54) is 0 Å². The van der Waals surface area contributed by atoms with Crippen molar-refractivity contribution in [1.29, 1.82) is 0 Å². The SMILES string of the molecule is Cc1cc(C)c(C(=O)Nc2cccc(Cl)c2)c(Cl)n1. The monoisotopic (exact) mass is 294 g/mol. The predicted molar refractivity (Wildman–Crippen MR) is 78.1 cm³/mol. The smallest absolute Gasteiger partial charge is 0.259 e. The zero-order valence-corrected chi connectivity index (χ0v) is 12.0. The Labute approximate surface area is 121 Å². The lowest BCUT2D eigenvalue weighted by Gasteiger charge is -2.10. The quantitative estimate of drug-likeness (QED) is 0.841. The molecule has 0 unspecified atom stereocenters. The number of aromatic nitrogens is 1. The zero-order valence-electron chi connectivity index (χ0n) is 10.5. The first-order chi connectivity index (χ1) is 8.97. The summed E-state index contributed by atoms with van der Waals surface area (Å²) in [6.07, 6.45) is 0. The van der Waals surface area contributed by atoms with Crippen molar-refractivity contribution in [3.8, 4) is 0 Å². The van der Waals surface area contributed by atoms with E-state index in [1.54, 1.807) is 24.3 Å². The highest BCUT2D eigenvalue weighted by atomic mass is 35.5. The predicted octanol–water partition coefficient (Wildman–Crippen LogP) is 4.26. The Balaban J connectivity index is 2.31. The fourth-order valence-corrected chi connectivity index (χ4v) is 2.38. The van der Waals surface area contributed by atoms with Crippen molar-refractivity contribution >= 4 is 34.8 Å². The normalized spacial score (nSPS) is 10.3. The number of nitrogens with zero attached hydrogens (tertiary/aromatic N) is 1. The molecule has 0 aliphatic rings. The largest absolute Gasteiger partial charge is 0.322 e. The van der Waals surface area contributed by atoms with E-state index in [0.717, 1.165) is 11.3 Å². The first-order valence-corrected chi connectivity index (χ1v) is 6.43. The van der Waals surface area contributed by atoms with E-state index >= 15 is 0 Å². The molecule has 19 heavy (non-hydrogen) atoms. The molecule has 1 aromatic heterocycles.